The third-order valence-corrected chi connectivity index (χ3v) is 8.25. The van der Waals surface area contributed by atoms with Crippen LogP contribution in [0.2, 0.25) is 0 Å². The molecule has 0 unspecified atom stereocenters. The highest BCUT2D eigenvalue weighted by molar-refractivity contribution is 6.07. The SMILES string of the molecule is CC(=O)N(C)CCCCCC(=O)ON1C(=O)CCC1=O.CN(C)c1ccc2c(-c3ccccc3C(=O)[O-])c3ccc(=[N+](C)C)cc-3oc2c1. The lowest BCUT2D eigenvalue weighted by Gasteiger charge is -2.19. The number of anilines is 1. The van der Waals surface area contributed by atoms with Gasteiger partial charge in [0, 0.05) is 93.8 Å². The van der Waals surface area contributed by atoms with Crippen molar-refractivity contribution < 1.29 is 38.3 Å². The molecule has 12 heteroatoms. The van der Waals surface area contributed by atoms with Crippen LogP contribution in [-0.2, 0) is 24.0 Å². The molecule has 0 atom stereocenters. The molecule has 2 aromatic rings. The van der Waals surface area contributed by atoms with Crippen LogP contribution in [0.3, 0.4) is 0 Å². The lowest BCUT2D eigenvalue weighted by atomic mass is 9.90. The Kier molecular flexibility index (Phi) is 11.9. The van der Waals surface area contributed by atoms with Gasteiger partial charge in [0.1, 0.15) is 25.4 Å². The fourth-order valence-electron chi connectivity index (χ4n) is 5.35. The number of hydroxylamine groups is 2. The first-order valence-electron chi connectivity index (χ1n) is 16.1. The number of benzene rings is 3. The zero-order valence-electron chi connectivity index (χ0n) is 28.8. The van der Waals surface area contributed by atoms with E-state index in [0.717, 1.165) is 40.4 Å². The van der Waals surface area contributed by atoms with Gasteiger partial charge in [0.05, 0.1) is 12.0 Å². The van der Waals surface area contributed by atoms with Crippen molar-refractivity contribution in [3.63, 3.8) is 0 Å². The van der Waals surface area contributed by atoms with Crippen molar-refractivity contribution >= 4 is 46.3 Å². The lowest BCUT2D eigenvalue weighted by molar-refractivity contribution is -0.255. The zero-order valence-corrected chi connectivity index (χ0v) is 28.8. The second-order valence-corrected chi connectivity index (χ2v) is 12.3. The lowest BCUT2D eigenvalue weighted by Crippen LogP contribution is -2.31. The summed E-state index contributed by atoms with van der Waals surface area (Å²) in [5.74, 6) is -2.00. The highest BCUT2D eigenvalue weighted by Gasteiger charge is 2.32. The van der Waals surface area contributed by atoms with E-state index in [9.17, 15) is 29.1 Å². The molecule has 12 nitrogen and oxygen atoms in total. The van der Waals surface area contributed by atoms with E-state index in [1.807, 2.05) is 86.2 Å². The molecule has 2 aromatic carbocycles. The summed E-state index contributed by atoms with van der Waals surface area (Å²) in [6, 6.07) is 18.9. The molecule has 0 aromatic heterocycles. The van der Waals surface area contributed by atoms with Crippen LogP contribution >= 0.6 is 0 Å². The maximum Gasteiger partial charge on any atom is 0.333 e. The summed E-state index contributed by atoms with van der Waals surface area (Å²) in [6.45, 7) is 2.15. The quantitative estimate of drug-likeness (QED) is 0.107. The molecule has 1 saturated heterocycles. The van der Waals surface area contributed by atoms with Gasteiger partial charge in [0.2, 0.25) is 11.3 Å². The summed E-state index contributed by atoms with van der Waals surface area (Å²) < 4.78 is 8.28. The molecule has 0 N–H and O–H groups in total. The summed E-state index contributed by atoms with van der Waals surface area (Å²) in [5, 5.41) is 14.2. The minimum absolute atomic E-state index is 0.00969. The van der Waals surface area contributed by atoms with Crippen molar-refractivity contribution in [3.05, 3.63) is 71.6 Å². The summed E-state index contributed by atoms with van der Waals surface area (Å²) in [5.41, 5.74) is 4.17. The highest BCUT2D eigenvalue weighted by Crippen LogP contribution is 2.41. The molecule has 0 bridgehead atoms. The molecule has 2 aliphatic heterocycles. The van der Waals surface area contributed by atoms with Gasteiger partial charge in [-0.15, -0.1) is 5.06 Å². The second kappa shape index (κ2) is 16.1. The smallest absolute Gasteiger partial charge is 0.333 e. The Balaban J connectivity index is 0.000000238. The van der Waals surface area contributed by atoms with E-state index in [1.54, 1.807) is 24.1 Å². The normalized spacial score (nSPS) is 12.5. The number of rotatable bonds is 10. The van der Waals surface area contributed by atoms with E-state index < -0.39 is 23.8 Å². The molecule has 1 fully saturated rings. The van der Waals surface area contributed by atoms with Crippen molar-refractivity contribution in [2.24, 2.45) is 0 Å². The van der Waals surface area contributed by atoms with Crippen LogP contribution < -0.4 is 19.9 Å². The van der Waals surface area contributed by atoms with Crippen LogP contribution in [0.15, 0.2) is 65.1 Å². The number of hydrogen-bond acceptors (Lipinski definition) is 9. The first-order valence-corrected chi connectivity index (χ1v) is 16.1. The van der Waals surface area contributed by atoms with Crippen molar-refractivity contribution in [1.82, 2.24) is 14.5 Å². The number of amides is 3. The number of carbonyl (C=O) groups is 5. The van der Waals surface area contributed by atoms with Gasteiger partial charge in [-0.2, -0.15) is 0 Å². The molecule has 1 aliphatic carbocycles. The zero-order chi connectivity index (χ0) is 35.8. The number of carbonyl (C=O) groups excluding carboxylic acids is 5. The number of hydrogen-bond donors (Lipinski definition) is 0. The fraction of sp³-hybridized carbons (Fsp3) is 0.351. The number of imide groups is 1. The van der Waals surface area contributed by atoms with Crippen LogP contribution in [0.25, 0.3) is 33.4 Å². The van der Waals surface area contributed by atoms with Gasteiger partial charge < -0.3 is 29.0 Å². The maximum absolute atomic E-state index is 11.8. The summed E-state index contributed by atoms with van der Waals surface area (Å²) in [4.78, 5) is 65.0. The van der Waals surface area contributed by atoms with Crippen molar-refractivity contribution in [2.45, 2.75) is 45.4 Å². The monoisotopic (exact) mass is 670 g/mol. The number of aromatic carboxylic acids is 1. The average Bonchev–Trinajstić information content (AvgIpc) is 3.38. The number of carboxylic acid groups (broad SMARTS) is 1. The summed E-state index contributed by atoms with van der Waals surface area (Å²) in [7, 11) is 9.61. The third-order valence-electron chi connectivity index (χ3n) is 8.25. The van der Waals surface area contributed by atoms with Crippen LogP contribution in [0.4, 0.5) is 5.69 Å². The molecule has 0 spiro atoms. The fourth-order valence-corrected chi connectivity index (χ4v) is 5.35. The van der Waals surface area contributed by atoms with E-state index in [4.69, 9.17) is 9.25 Å². The Hall–Kier alpha value is -5.52. The van der Waals surface area contributed by atoms with Gasteiger partial charge in [-0.25, -0.2) is 9.37 Å². The number of unbranched alkanes of at least 4 members (excludes halogenated alkanes) is 2. The highest BCUT2D eigenvalue weighted by atomic mass is 16.7. The van der Waals surface area contributed by atoms with E-state index in [0.29, 0.717) is 34.9 Å². The van der Waals surface area contributed by atoms with E-state index in [1.165, 1.54) is 6.92 Å². The van der Waals surface area contributed by atoms with Gasteiger partial charge >= 0.3 is 5.97 Å². The van der Waals surface area contributed by atoms with Crippen LogP contribution in [-0.4, -0.2) is 81.4 Å². The van der Waals surface area contributed by atoms with Gasteiger partial charge in [0.15, 0.2) is 0 Å². The Bertz CT molecular complexity index is 1910. The molecular formula is C37H42N4O8. The Labute approximate surface area is 285 Å². The van der Waals surface area contributed by atoms with Gasteiger partial charge in [-0.05, 0) is 36.6 Å². The molecule has 258 valence electrons. The molecular weight excluding hydrogens is 628 g/mol. The summed E-state index contributed by atoms with van der Waals surface area (Å²) in [6.07, 6.45) is 2.52. The van der Waals surface area contributed by atoms with Crippen molar-refractivity contribution in [3.8, 4) is 22.5 Å². The molecule has 49 heavy (non-hydrogen) atoms. The second-order valence-electron chi connectivity index (χ2n) is 12.3. The Morgan fingerprint density at radius 1 is 0.898 bits per heavy atom. The number of nitrogens with zero attached hydrogens (tertiary/aromatic N) is 4. The predicted molar refractivity (Wildman–Crippen MR) is 183 cm³/mol. The van der Waals surface area contributed by atoms with Gasteiger partial charge in [0.25, 0.3) is 11.8 Å². The molecule has 3 aliphatic rings. The first kappa shape index (κ1) is 36.3. The molecule has 5 rings (SSSR count). The van der Waals surface area contributed by atoms with Crippen molar-refractivity contribution in [1.29, 1.82) is 0 Å². The van der Waals surface area contributed by atoms with Crippen LogP contribution in [0, 0.1) is 0 Å². The van der Waals surface area contributed by atoms with Crippen molar-refractivity contribution in [2.75, 3.05) is 46.7 Å². The maximum atomic E-state index is 11.8. The molecule has 0 saturated carbocycles. The number of fused-ring (bicyclic) bond motifs is 2. The standard InChI is InChI=1S/C24H22N2O3.C13H20N2O5/c1-25(2)15-9-11-19-21(13-15)29-22-14-16(26(3)4)10-12-20(22)23(19)17-7-5-6-8-18(17)24(27)28;1-10(16)14(2)9-5-3-4-6-13(19)20-15-11(17)7-8-12(15)18/h5-14H,1-4H3;3-9H2,1-2H3. The van der Waals surface area contributed by atoms with Crippen LogP contribution in [0.5, 0.6) is 0 Å². The minimum atomic E-state index is -1.20. The van der Waals surface area contributed by atoms with E-state index in [2.05, 4.69) is 0 Å². The average molecular weight is 671 g/mol. The van der Waals surface area contributed by atoms with E-state index >= 15 is 0 Å². The van der Waals surface area contributed by atoms with E-state index in [-0.39, 0.29) is 30.7 Å². The molecule has 0 radical (unpaired) electrons. The topological polar surface area (TPSA) is 144 Å². The van der Waals surface area contributed by atoms with Crippen LogP contribution in [0.1, 0.15) is 55.8 Å². The number of carboxylic acids is 1. The predicted octanol–water partition coefficient (Wildman–Crippen LogP) is 3.30. The molecule has 2 heterocycles. The largest absolute Gasteiger partial charge is 0.545 e. The van der Waals surface area contributed by atoms with Gasteiger partial charge in [-0.1, -0.05) is 30.7 Å². The first-order chi connectivity index (χ1) is 23.3. The Morgan fingerprint density at radius 3 is 2.22 bits per heavy atom. The summed E-state index contributed by atoms with van der Waals surface area (Å²) >= 11 is 0. The minimum Gasteiger partial charge on any atom is -0.545 e. The Morgan fingerprint density at radius 2 is 1.59 bits per heavy atom. The third kappa shape index (κ3) is 8.89. The van der Waals surface area contributed by atoms with Gasteiger partial charge in [-0.3, -0.25) is 14.4 Å². The molecule has 3 amide bonds.